The second kappa shape index (κ2) is 7.85. The Labute approximate surface area is 117 Å². The fourth-order valence-corrected chi connectivity index (χ4v) is 3.26. The van der Waals surface area contributed by atoms with Crippen LogP contribution >= 0.6 is 0 Å². The molecule has 1 saturated carbocycles. The summed E-state index contributed by atoms with van der Waals surface area (Å²) in [4.78, 5) is 13.8. The third-order valence-corrected chi connectivity index (χ3v) is 4.46. The van der Waals surface area contributed by atoms with E-state index in [0.717, 1.165) is 32.2 Å². The lowest BCUT2D eigenvalue weighted by molar-refractivity contribution is -0.147. The van der Waals surface area contributed by atoms with Gasteiger partial charge in [-0.1, -0.05) is 13.3 Å². The molecule has 1 N–H and O–H groups in total. The molecule has 0 aromatic heterocycles. The molecule has 0 bridgehead atoms. The summed E-state index contributed by atoms with van der Waals surface area (Å²) >= 11 is 0. The largest absolute Gasteiger partial charge is 0.481 e. The van der Waals surface area contributed by atoms with Crippen molar-refractivity contribution in [1.82, 2.24) is 4.90 Å². The Morgan fingerprint density at radius 1 is 1.42 bits per heavy atom. The Kier molecular flexibility index (Phi) is 6.80. The van der Waals surface area contributed by atoms with Gasteiger partial charge >= 0.3 is 5.97 Å². The van der Waals surface area contributed by atoms with Crippen LogP contribution < -0.4 is 0 Å². The zero-order valence-corrected chi connectivity index (χ0v) is 12.8. The van der Waals surface area contributed by atoms with Gasteiger partial charge < -0.3 is 9.84 Å². The minimum atomic E-state index is -0.636. The van der Waals surface area contributed by atoms with E-state index in [1.54, 1.807) is 7.11 Å². The molecule has 0 aliphatic heterocycles. The molecule has 0 heterocycles. The average Bonchev–Trinajstić information content (AvgIpc) is 2.38. The summed E-state index contributed by atoms with van der Waals surface area (Å²) < 4.78 is 5.17. The number of carbonyl (C=O) groups is 1. The van der Waals surface area contributed by atoms with E-state index in [-0.39, 0.29) is 12.0 Å². The zero-order chi connectivity index (χ0) is 14.4. The van der Waals surface area contributed by atoms with Crippen molar-refractivity contribution >= 4 is 5.97 Å². The van der Waals surface area contributed by atoms with Crippen LogP contribution in [-0.4, -0.2) is 48.3 Å². The van der Waals surface area contributed by atoms with E-state index in [0.29, 0.717) is 18.6 Å². The fraction of sp³-hybridized carbons (Fsp3) is 0.933. The van der Waals surface area contributed by atoms with Crippen molar-refractivity contribution in [1.29, 1.82) is 0 Å². The molecule has 0 aromatic carbocycles. The molecule has 4 nitrogen and oxygen atoms in total. The molecule has 1 aliphatic rings. The Hall–Kier alpha value is -0.610. The van der Waals surface area contributed by atoms with Crippen LogP contribution in [0.3, 0.4) is 0 Å². The third kappa shape index (κ3) is 4.46. The second-order valence-electron chi connectivity index (χ2n) is 5.92. The highest BCUT2D eigenvalue weighted by atomic mass is 16.5. The molecule has 4 heteroatoms. The molecule has 19 heavy (non-hydrogen) atoms. The summed E-state index contributed by atoms with van der Waals surface area (Å²) in [6.07, 6.45) is 4.03. The minimum absolute atomic E-state index is 0.159. The summed E-state index contributed by atoms with van der Waals surface area (Å²) in [5.74, 6) is -0.186. The highest BCUT2D eigenvalue weighted by molar-refractivity contribution is 5.71. The Bertz CT molecular complexity index is 281. The maximum atomic E-state index is 11.5. The quantitative estimate of drug-likeness (QED) is 0.773. The summed E-state index contributed by atoms with van der Waals surface area (Å²) in [6.45, 7) is 7.98. The molecule has 1 aliphatic carbocycles. The molecule has 1 rings (SSSR count). The number of hydrogen-bond acceptors (Lipinski definition) is 3. The highest BCUT2D eigenvalue weighted by Crippen LogP contribution is 2.35. The first-order valence-electron chi connectivity index (χ1n) is 7.48. The number of carboxylic acid groups (broad SMARTS) is 1. The monoisotopic (exact) mass is 271 g/mol. The van der Waals surface area contributed by atoms with E-state index in [2.05, 4.69) is 25.7 Å². The van der Waals surface area contributed by atoms with Crippen LogP contribution in [0.2, 0.25) is 0 Å². The first-order valence-corrected chi connectivity index (χ1v) is 7.48. The molecular weight excluding hydrogens is 242 g/mol. The number of rotatable bonds is 7. The standard InChI is InChI=1S/C15H29NO3/c1-5-12-6-7-13(15(17)18)14(10-12)16(11(2)3)8-9-19-4/h11-14H,5-10H2,1-4H3,(H,17,18). The maximum absolute atomic E-state index is 11.5. The van der Waals surface area contributed by atoms with Gasteiger partial charge in [0.15, 0.2) is 0 Å². The highest BCUT2D eigenvalue weighted by Gasteiger charge is 2.38. The van der Waals surface area contributed by atoms with Crippen LogP contribution in [-0.2, 0) is 9.53 Å². The van der Waals surface area contributed by atoms with Crippen molar-refractivity contribution < 1.29 is 14.6 Å². The third-order valence-electron chi connectivity index (χ3n) is 4.46. The Morgan fingerprint density at radius 3 is 2.58 bits per heavy atom. The van der Waals surface area contributed by atoms with E-state index >= 15 is 0 Å². The van der Waals surface area contributed by atoms with Gasteiger partial charge in [0.2, 0.25) is 0 Å². The SMILES string of the molecule is CCC1CCC(C(=O)O)C(N(CCOC)C(C)C)C1. The second-order valence-corrected chi connectivity index (χ2v) is 5.92. The van der Waals surface area contributed by atoms with Crippen molar-refractivity contribution in [2.45, 2.75) is 58.5 Å². The first-order chi connectivity index (χ1) is 9.01. The van der Waals surface area contributed by atoms with E-state index < -0.39 is 5.97 Å². The lowest BCUT2D eigenvalue weighted by Crippen LogP contribution is -2.51. The molecule has 112 valence electrons. The number of methoxy groups -OCH3 is 1. The van der Waals surface area contributed by atoms with Gasteiger partial charge in [0.1, 0.15) is 0 Å². The molecule has 0 radical (unpaired) electrons. The van der Waals surface area contributed by atoms with E-state index in [1.807, 2.05) is 0 Å². The molecule has 1 fully saturated rings. The predicted octanol–water partition coefficient (Wildman–Crippen LogP) is 2.62. The summed E-state index contributed by atoms with van der Waals surface area (Å²) in [7, 11) is 1.70. The van der Waals surface area contributed by atoms with Crippen LogP contribution in [0.25, 0.3) is 0 Å². The van der Waals surface area contributed by atoms with Gasteiger partial charge in [0.05, 0.1) is 12.5 Å². The van der Waals surface area contributed by atoms with E-state index in [1.165, 1.54) is 0 Å². The zero-order valence-electron chi connectivity index (χ0n) is 12.8. The maximum Gasteiger partial charge on any atom is 0.308 e. The van der Waals surface area contributed by atoms with Crippen LogP contribution in [0.15, 0.2) is 0 Å². The van der Waals surface area contributed by atoms with Gasteiger partial charge in [0.25, 0.3) is 0 Å². The van der Waals surface area contributed by atoms with E-state index in [4.69, 9.17) is 4.74 Å². The number of carboxylic acids is 1. The number of ether oxygens (including phenoxy) is 1. The van der Waals surface area contributed by atoms with Crippen molar-refractivity contribution in [3.63, 3.8) is 0 Å². The molecule has 0 aromatic rings. The number of aliphatic carboxylic acids is 1. The summed E-state index contributed by atoms with van der Waals surface area (Å²) in [5, 5.41) is 9.47. The molecule has 0 saturated heterocycles. The van der Waals surface area contributed by atoms with Crippen LogP contribution in [0.4, 0.5) is 0 Å². The van der Waals surface area contributed by atoms with Gasteiger partial charge in [0, 0.05) is 25.7 Å². The topological polar surface area (TPSA) is 49.8 Å². The van der Waals surface area contributed by atoms with Crippen LogP contribution in [0.1, 0.15) is 46.5 Å². The number of nitrogens with zero attached hydrogens (tertiary/aromatic N) is 1. The molecule has 3 unspecified atom stereocenters. The lowest BCUT2D eigenvalue weighted by Gasteiger charge is -2.43. The van der Waals surface area contributed by atoms with Crippen molar-refractivity contribution in [2.75, 3.05) is 20.3 Å². The Morgan fingerprint density at radius 2 is 2.11 bits per heavy atom. The van der Waals surface area contributed by atoms with Crippen LogP contribution in [0, 0.1) is 11.8 Å². The summed E-state index contributed by atoms with van der Waals surface area (Å²) in [6, 6.07) is 0.518. The van der Waals surface area contributed by atoms with Crippen molar-refractivity contribution in [2.24, 2.45) is 11.8 Å². The van der Waals surface area contributed by atoms with E-state index in [9.17, 15) is 9.90 Å². The lowest BCUT2D eigenvalue weighted by atomic mass is 9.76. The van der Waals surface area contributed by atoms with Crippen molar-refractivity contribution in [3.05, 3.63) is 0 Å². The fourth-order valence-electron chi connectivity index (χ4n) is 3.26. The van der Waals surface area contributed by atoms with Crippen LogP contribution in [0.5, 0.6) is 0 Å². The van der Waals surface area contributed by atoms with Crippen molar-refractivity contribution in [3.8, 4) is 0 Å². The van der Waals surface area contributed by atoms with Gasteiger partial charge in [-0.2, -0.15) is 0 Å². The average molecular weight is 271 g/mol. The molecular formula is C15H29NO3. The predicted molar refractivity (Wildman–Crippen MR) is 76.3 cm³/mol. The minimum Gasteiger partial charge on any atom is -0.481 e. The van der Waals surface area contributed by atoms with Gasteiger partial charge in [-0.15, -0.1) is 0 Å². The molecule has 3 atom stereocenters. The molecule has 0 amide bonds. The normalized spacial score (nSPS) is 28.0. The van der Waals surface area contributed by atoms with Gasteiger partial charge in [-0.05, 0) is 39.0 Å². The first kappa shape index (κ1) is 16.4. The smallest absolute Gasteiger partial charge is 0.308 e. The number of hydrogen-bond donors (Lipinski definition) is 1. The van der Waals surface area contributed by atoms with Gasteiger partial charge in [-0.25, -0.2) is 0 Å². The summed E-state index contributed by atoms with van der Waals surface area (Å²) in [5.41, 5.74) is 0. The Balaban J connectivity index is 2.82. The molecule has 0 spiro atoms. The van der Waals surface area contributed by atoms with Gasteiger partial charge in [-0.3, -0.25) is 9.69 Å².